The van der Waals surface area contributed by atoms with Crippen LogP contribution in [0.15, 0.2) is 30.5 Å². The first-order valence-electron chi connectivity index (χ1n) is 8.37. The molecule has 1 saturated carbocycles. The van der Waals surface area contributed by atoms with Crippen molar-refractivity contribution in [1.82, 2.24) is 15.0 Å². The molecule has 0 spiro atoms. The van der Waals surface area contributed by atoms with Gasteiger partial charge in [-0.3, -0.25) is 0 Å². The lowest BCUT2D eigenvalue weighted by Crippen LogP contribution is -2.27. The van der Waals surface area contributed by atoms with Gasteiger partial charge in [0.15, 0.2) is 11.5 Å². The van der Waals surface area contributed by atoms with Crippen molar-refractivity contribution < 1.29 is 9.47 Å². The number of hydrogen-bond acceptors (Lipinski definition) is 6. The van der Waals surface area contributed by atoms with E-state index in [-0.39, 0.29) is 0 Å². The third kappa shape index (κ3) is 3.05. The number of methoxy groups -OCH3 is 2. The molecule has 3 N–H and O–H groups in total. The zero-order chi connectivity index (χ0) is 17.2. The SMILES string of the molecule is COc1ccc(Nc2nc(NC3CCC3)c3cc[nH]c3n2)cc1OC. The molecule has 3 aromatic rings. The molecule has 4 rings (SSSR count). The maximum atomic E-state index is 5.35. The number of fused-ring (bicyclic) bond motifs is 1. The van der Waals surface area contributed by atoms with Gasteiger partial charge in [0, 0.05) is 24.0 Å². The lowest BCUT2D eigenvalue weighted by Gasteiger charge is -2.27. The molecule has 0 atom stereocenters. The van der Waals surface area contributed by atoms with E-state index in [0.29, 0.717) is 23.5 Å². The van der Waals surface area contributed by atoms with E-state index in [1.165, 1.54) is 19.3 Å². The highest BCUT2D eigenvalue weighted by molar-refractivity contribution is 5.88. The zero-order valence-corrected chi connectivity index (χ0v) is 14.3. The van der Waals surface area contributed by atoms with Crippen LogP contribution in [0.1, 0.15) is 19.3 Å². The number of hydrogen-bond donors (Lipinski definition) is 3. The molecule has 25 heavy (non-hydrogen) atoms. The fourth-order valence-corrected chi connectivity index (χ4v) is 2.90. The molecule has 0 amide bonds. The molecule has 130 valence electrons. The van der Waals surface area contributed by atoms with Crippen molar-refractivity contribution in [3.63, 3.8) is 0 Å². The normalized spacial score (nSPS) is 14.2. The first-order valence-corrected chi connectivity index (χ1v) is 8.37. The number of benzene rings is 1. The average Bonchev–Trinajstić information content (AvgIpc) is 3.06. The Bertz CT molecular complexity index is 888. The lowest BCUT2D eigenvalue weighted by atomic mass is 9.93. The van der Waals surface area contributed by atoms with E-state index in [4.69, 9.17) is 9.47 Å². The van der Waals surface area contributed by atoms with E-state index in [0.717, 1.165) is 22.5 Å². The molecule has 0 aliphatic heterocycles. The van der Waals surface area contributed by atoms with Crippen molar-refractivity contribution in [3.05, 3.63) is 30.5 Å². The maximum absolute atomic E-state index is 5.35. The van der Waals surface area contributed by atoms with Gasteiger partial charge in [-0.15, -0.1) is 0 Å². The summed E-state index contributed by atoms with van der Waals surface area (Å²) in [5.41, 5.74) is 1.64. The molecule has 2 heterocycles. The second-order valence-electron chi connectivity index (χ2n) is 6.10. The zero-order valence-electron chi connectivity index (χ0n) is 14.3. The third-order valence-electron chi connectivity index (χ3n) is 4.50. The van der Waals surface area contributed by atoms with Gasteiger partial charge in [-0.25, -0.2) is 0 Å². The summed E-state index contributed by atoms with van der Waals surface area (Å²) >= 11 is 0. The molecule has 1 aliphatic carbocycles. The highest BCUT2D eigenvalue weighted by Crippen LogP contribution is 2.32. The maximum Gasteiger partial charge on any atom is 0.231 e. The molecule has 0 radical (unpaired) electrons. The predicted octanol–water partition coefficient (Wildman–Crippen LogP) is 3.68. The number of nitrogens with one attached hydrogen (secondary N) is 3. The lowest BCUT2D eigenvalue weighted by molar-refractivity contribution is 0.355. The summed E-state index contributed by atoms with van der Waals surface area (Å²) < 4.78 is 10.6. The van der Waals surface area contributed by atoms with Crippen LogP contribution in [0.25, 0.3) is 11.0 Å². The van der Waals surface area contributed by atoms with Crippen LogP contribution in [-0.2, 0) is 0 Å². The Morgan fingerprint density at radius 3 is 2.64 bits per heavy atom. The van der Waals surface area contributed by atoms with Crippen LogP contribution in [0.2, 0.25) is 0 Å². The van der Waals surface area contributed by atoms with E-state index < -0.39 is 0 Å². The monoisotopic (exact) mass is 339 g/mol. The van der Waals surface area contributed by atoms with Crippen molar-refractivity contribution in [2.75, 3.05) is 24.9 Å². The fraction of sp³-hybridized carbons (Fsp3) is 0.333. The second kappa shape index (κ2) is 6.51. The van der Waals surface area contributed by atoms with E-state index in [1.54, 1.807) is 14.2 Å². The summed E-state index contributed by atoms with van der Waals surface area (Å²) in [4.78, 5) is 12.4. The topological polar surface area (TPSA) is 84.1 Å². The van der Waals surface area contributed by atoms with Crippen molar-refractivity contribution >= 4 is 28.5 Å². The van der Waals surface area contributed by atoms with Crippen LogP contribution in [0.5, 0.6) is 11.5 Å². The Labute approximate surface area is 145 Å². The molecule has 0 unspecified atom stereocenters. The average molecular weight is 339 g/mol. The number of ether oxygens (including phenoxy) is 2. The van der Waals surface area contributed by atoms with Gasteiger partial charge in [0.25, 0.3) is 0 Å². The number of rotatable bonds is 6. The second-order valence-corrected chi connectivity index (χ2v) is 6.10. The van der Waals surface area contributed by atoms with Crippen LogP contribution >= 0.6 is 0 Å². The molecule has 0 saturated heterocycles. The standard InChI is InChI=1S/C18H21N5O2/c1-24-14-7-6-12(10-15(14)25-2)21-18-22-16-13(8-9-19-16)17(23-18)20-11-4-3-5-11/h6-11H,3-5H2,1-2H3,(H3,19,20,21,22,23). The van der Waals surface area contributed by atoms with E-state index in [1.807, 2.05) is 30.5 Å². The van der Waals surface area contributed by atoms with Gasteiger partial charge >= 0.3 is 0 Å². The van der Waals surface area contributed by atoms with Gasteiger partial charge in [0.2, 0.25) is 5.95 Å². The molecule has 1 aromatic carbocycles. The Kier molecular flexibility index (Phi) is 4.05. The number of anilines is 3. The van der Waals surface area contributed by atoms with Crippen molar-refractivity contribution in [1.29, 1.82) is 0 Å². The van der Waals surface area contributed by atoms with Crippen molar-refractivity contribution in [2.45, 2.75) is 25.3 Å². The number of nitrogens with zero attached hydrogens (tertiary/aromatic N) is 2. The highest BCUT2D eigenvalue weighted by atomic mass is 16.5. The van der Waals surface area contributed by atoms with Crippen molar-refractivity contribution in [3.8, 4) is 11.5 Å². The summed E-state index contributed by atoms with van der Waals surface area (Å²) in [6.07, 6.45) is 5.53. The van der Waals surface area contributed by atoms with E-state index >= 15 is 0 Å². The molecule has 7 heteroatoms. The largest absolute Gasteiger partial charge is 0.493 e. The molecular formula is C18H21N5O2. The van der Waals surface area contributed by atoms with Gasteiger partial charge in [0.1, 0.15) is 11.5 Å². The molecule has 2 aromatic heterocycles. The van der Waals surface area contributed by atoms with E-state index in [9.17, 15) is 0 Å². The Balaban J connectivity index is 1.64. The third-order valence-corrected chi connectivity index (χ3v) is 4.50. The van der Waals surface area contributed by atoms with Crippen LogP contribution in [0, 0.1) is 0 Å². The van der Waals surface area contributed by atoms with Crippen LogP contribution < -0.4 is 20.1 Å². The fourth-order valence-electron chi connectivity index (χ4n) is 2.90. The minimum Gasteiger partial charge on any atom is -0.493 e. The van der Waals surface area contributed by atoms with Crippen LogP contribution in [-0.4, -0.2) is 35.2 Å². The molecular weight excluding hydrogens is 318 g/mol. The van der Waals surface area contributed by atoms with Gasteiger partial charge in [-0.1, -0.05) is 0 Å². The van der Waals surface area contributed by atoms with Crippen LogP contribution in [0.4, 0.5) is 17.5 Å². The smallest absolute Gasteiger partial charge is 0.231 e. The van der Waals surface area contributed by atoms with E-state index in [2.05, 4.69) is 25.6 Å². The summed E-state index contributed by atoms with van der Waals surface area (Å²) in [5.74, 6) is 2.73. The summed E-state index contributed by atoms with van der Waals surface area (Å²) in [7, 11) is 3.23. The first-order chi connectivity index (χ1) is 12.3. The summed E-state index contributed by atoms with van der Waals surface area (Å²) in [6.45, 7) is 0. The van der Waals surface area contributed by atoms with Crippen molar-refractivity contribution in [2.24, 2.45) is 0 Å². The Hall–Kier alpha value is -2.96. The minimum absolute atomic E-state index is 0.502. The van der Waals surface area contributed by atoms with Gasteiger partial charge < -0.3 is 25.1 Å². The molecule has 1 aliphatic rings. The number of H-pyrrole nitrogens is 1. The Morgan fingerprint density at radius 2 is 1.92 bits per heavy atom. The minimum atomic E-state index is 0.502. The first kappa shape index (κ1) is 15.6. The quantitative estimate of drug-likeness (QED) is 0.635. The van der Waals surface area contributed by atoms with Gasteiger partial charge in [0.05, 0.1) is 19.6 Å². The predicted molar refractivity (Wildman–Crippen MR) is 98.0 cm³/mol. The molecule has 0 bridgehead atoms. The Morgan fingerprint density at radius 1 is 1.08 bits per heavy atom. The molecule has 7 nitrogen and oxygen atoms in total. The van der Waals surface area contributed by atoms with Gasteiger partial charge in [-0.05, 0) is 37.5 Å². The molecule has 1 fully saturated rings. The highest BCUT2D eigenvalue weighted by Gasteiger charge is 2.19. The summed E-state index contributed by atoms with van der Waals surface area (Å²) in [6, 6.07) is 8.11. The summed E-state index contributed by atoms with van der Waals surface area (Å²) in [5, 5.41) is 7.77. The number of aromatic amines is 1. The van der Waals surface area contributed by atoms with Crippen LogP contribution in [0.3, 0.4) is 0 Å². The van der Waals surface area contributed by atoms with Gasteiger partial charge in [-0.2, -0.15) is 9.97 Å². The number of aromatic nitrogens is 3.